The van der Waals surface area contributed by atoms with Crippen LogP contribution < -0.4 is 0 Å². The third kappa shape index (κ3) is 2.95. The van der Waals surface area contributed by atoms with Crippen LogP contribution in [-0.4, -0.2) is 11.2 Å². The van der Waals surface area contributed by atoms with Gasteiger partial charge in [-0.1, -0.05) is 26.0 Å². The van der Waals surface area contributed by atoms with E-state index in [1.54, 1.807) is 0 Å². The molecule has 0 heterocycles. The first-order valence-corrected chi connectivity index (χ1v) is 5.66. The van der Waals surface area contributed by atoms with Crippen LogP contribution in [0.25, 0.3) is 0 Å². The standard InChI is InChI=1S/C11H15IO/c1-3-11(13)8(2)9-4-6-10(12)7-5-9/h4-8,11,13H,3H2,1-2H3. The molecule has 1 N–H and O–H groups in total. The van der Waals surface area contributed by atoms with Crippen LogP contribution in [0, 0.1) is 3.57 Å². The molecule has 2 atom stereocenters. The third-order valence-corrected chi connectivity index (χ3v) is 3.11. The van der Waals surface area contributed by atoms with Crippen LogP contribution in [0.3, 0.4) is 0 Å². The van der Waals surface area contributed by atoms with Gasteiger partial charge in [-0.2, -0.15) is 0 Å². The monoisotopic (exact) mass is 290 g/mol. The predicted octanol–water partition coefficient (Wildman–Crippen LogP) is 3.17. The highest BCUT2D eigenvalue weighted by atomic mass is 127. The Kier molecular flexibility index (Phi) is 4.19. The Bertz CT molecular complexity index is 255. The number of aliphatic hydroxyl groups is 1. The molecule has 0 saturated heterocycles. The van der Waals surface area contributed by atoms with E-state index in [0.717, 1.165) is 6.42 Å². The summed E-state index contributed by atoms with van der Waals surface area (Å²) < 4.78 is 1.24. The fraction of sp³-hybridized carbons (Fsp3) is 0.455. The summed E-state index contributed by atoms with van der Waals surface area (Å²) in [6.45, 7) is 4.07. The van der Waals surface area contributed by atoms with Crippen molar-refractivity contribution in [2.45, 2.75) is 32.3 Å². The van der Waals surface area contributed by atoms with E-state index in [9.17, 15) is 5.11 Å². The summed E-state index contributed by atoms with van der Waals surface area (Å²) in [6.07, 6.45) is 0.590. The van der Waals surface area contributed by atoms with Gasteiger partial charge in [0.1, 0.15) is 0 Å². The molecule has 0 aliphatic rings. The third-order valence-electron chi connectivity index (χ3n) is 2.39. The first kappa shape index (κ1) is 11.0. The second-order valence-corrected chi connectivity index (χ2v) is 4.56. The Morgan fingerprint density at radius 1 is 1.31 bits per heavy atom. The Balaban J connectivity index is 2.77. The van der Waals surface area contributed by atoms with Crippen molar-refractivity contribution in [1.82, 2.24) is 0 Å². The molecule has 1 aromatic carbocycles. The van der Waals surface area contributed by atoms with Crippen LogP contribution in [0.4, 0.5) is 0 Å². The molecule has 0 fully saturated rings. The summed E-state index contributed by atoms with van der Waals surface area (Å²) in [5.74, 6) is 0.238. The molecular weight excluding hydrogens is 275 g/mol. The van der Waals surface area contributed by atoms with Crippen molar-refractivity contribution < 1.29 is 5.11 Å². The lowest BCUT2D eigenvalue weighted by Gasteiger charge is -2.17. The average Bonchev–Trinajstić information content (AvgIpc) is 2.17. The van der Waals surface area contributed by atoms with Crippen LogP contribution in [-0.2, 0) is 0 Å². The quantitative estimate of drug-likeness (QED) is 0.848. The van der Waals surface area contributed by atoms with Gasteiger partial charge in [0, 0.05) is 9.49 Å². The summed E-state index contributed by atoms with van der Waals surface area (Å²) in [4.78, 5) is 0. The van der Waals surface area contributed by atoms with Crippen molar-refractivity contribution in [2.75, 3.05) is 0 Å². The zero-order valence-corrected chi connectivity index (χ0v) is 10.2. The molecule has 2 unspecified atom stereocenters. The summed E-state index contributed by atoms with van der Waals surface area (Å²) in [5, 5.41) is 9.65. The maximum absolute atomic E-state index is 9.65. The summed E-state index contributed by atoms with van der Waals surface area (Å²) in [6, 6.07) is 8.33. The van der Waals surface area contributed by atoms with Crippen molar-refractivity contribution in [3.63, 3.8) is 0 Å². The maximum Gasteiger partial charge on any atom is 0.0603 e. The van der Waals surface area contributed by atoms with E-state index in [2.05, 4.69) is 53.8 Å². The minimum atomic E-state index is -0.222. The largest absolute Gasteiger partial charge is 0.393 e. The molecule has 0 spiro atoms. The maximum atomic E-state index is 9.65. The lowest BCUT2D eigenvalue weighted by atomic mass is 9.94. The Labute approximate surface area is 93.3 Å². The van der Waals surface area contributed by atoms with E-state index in [-0.39, 0.29) is 12.0 Å². The molecule has 72 valence electrons. The number of aliphatic hydroxyl groups excluding tert-OH is 1. The highest BCUT2D eigenvalue weighted by Crippen LogP contribution is 2.21. The Morgan fingerprint density at radius 2 is 1.85 bits per heavy atom. The van der Waals surface area contributed by atoms with Gasteiger partial charge in [-0.15, -0.1) is 0 Å². The van der Waals surface area contributed by atoms with Gasteiger partial charge in [-0.25, -0.2) is 0 Å². The molecule has 1 aromatic rings. The number of hydrogen-bond donors (Lipinski definition) is 1. The van der Waals surface area contributed by atoms with E-state index in [1.165, 1.54) is 9.13 Å². The van der Waals surface area contributed by atoms with Crippen LogP contribution in [0.1, 0.15) is 31.7 Å². The Morgan fingerprint density at radius 3 is 2.31 bits per heavy atom. The number of benzene rings is 1. The normalized spacial score (nSPS) is 15.4. The molecule has 0 aromatic heterocycles. The minimum absolute atomic E-state index is 0.222. The highest BCUT2D eigenvalue weighted by Gasteiger charge is 2.13. The molecular formula is C11H15IO. The van der Waals surface area contributed by atoms with Gasteiger partial charge >= 0.3 is 0 Å². The van der Waals surface area contributed by atoms with E-state index in [0.29, 0.717) is 0 Å². The predicted molar refractivity (Wildman–Crippen MR) is 63.9 cm³/mol. The first-order valence-electron chi connectivity index (χ1n) is 4.58. The zero-order chi connectivity index (χ0) is 9.84. The van der Waals surface area contributed by atoms with E-state index < -0.39 is 0 Å². The average molecular weight is 290 g/mol. The van der Waals surface area contributed by atoms with Crippen LogP contribution in [0.2, 0.25) is 0 Å². The number of halogens is 1. The van der Waals surface area contributed by atoms with Gasteiger partial charge in [0.25, 0.3) is 0 Å². The lowest BCUT2D eigenvalue weighted by molar-refractivity contribution is 0.145. The second kappa shape index (κ2) is 4.96. The highest BCUT2D eigenvalue weighted by molar-refractivity contribution is 14.1. The van der Waals surface area contributed by atoms with Gasteiger partial charge in [0.2, 0.25) is 0 Å². The van der Waals surface area contributed by atoms with Gasteiger partial charge < -0.3 is 5.11 Å². The second-order valence-electron chi connectivity index (χ2n) is 3.32. The van der Waals surface area contributed by atoms with E-state index in [4.69, 9.17) is 0 Å². The van der Waals surface area contributed by atoms with Crippen molar-refractivity contribution in [3.05, 3.63) is 33.4 Å². The first-order chi connectivity index (χ1) is 6.15. The molecule has 13 heavy (non-hydrogen) atoms. The van der Waals surface area contributed by atoms with Crippen LogP contribution in [0.15, 0.2) is 24.3 Å². The van der Waals surface area contributed by atoms with Gasteiger partial charge in [-0.3, -0.25) is 0 Å². The molecule has 0 aliphatic carbocycles. The van der Waals surface area contributed by atoms with Gasteiger partial charge in [-0.05, 0) is 46.7 Å². The lowest BCUT2D eigenvalue weighted by Crippen LogP contribution is -2.14. The number of rotatable bonds is 3. The van der Waals surface area contributed by atoms with Crippen molar-refractivity contribution >= 4 is 22.6 Å². The fourth-order valence-electron chi connectivity index (χ4n) is 1.34. The molecule has 2 heteroatoms. The number of hydrogen-bond acceptors (Lipinski definition) is 1. The van der Waals surface area contributed by atoms with Gasteiger partial charge in [0.15, 0.2) is 0 Å². The summed E-state index contributed by atoms with van der Waals surface area (Å²) in [7, 11) is 0. The summed E-state index contributed by atoms with van der Waals surface area (Å²) >= 11 is 2.28. The summed E-state index contributed by atoms with van der Waals surface area (Å²) in [5.41, 5.74) is 1.22. The van der Waals surface area contributed by atoms with Crippen molar-refractivity contribution in [2.24, 2.45) is 0 Å². The molecule has 0 amide bonds. The van der Waals surface area contributed by atoms with Crippen molar-refractivity contribution in [3.8, 4) is 0 Å². The Hall–Kier alpha value is -0.0900. The topological polar surface area (TPSA) is 20.2 Å². The van der Waals surface area contributed by atoms with Crippen LogP contribution in [0.5, 0.6) is 0 Å². The zero-order valence-electron chi connectivity index (χ0n) is 8.00. The molecule has 1 rings (SSSR count). The molecule has 0 aliphatic heterocycles. The van der Waals surface area contributed by atoms with E-state index in [1.807, 2.05) is 6.92 Å². The van der Waals surface area contributed by atoms with E-state index >= 15 is 0 Å². The molecule has 1 nitrogen and oxygen atoms in total. The molecule has 0 bridgehead atoms. The molecule has 0 radical (unpaired) electrons. The minimum Gasteiger partial charge on any atom is -0.393 e. The fourth-order valence-corrected chi connectivity index (χ4v) is 1.70. The van der Waals surface area contributed by atoms with Gasteiger partial charge in [0.05, 0.1) is 6.10 Å². The smallest absolute Gasteiger partial charge is 0.0603 e. The molecule has 0 saturated carbocycles. The SMILES string of the molecule is CCC(O)C(C)c1ccc(I)cc1. The van der Waals surface area contributed by atoms with Crippen LogP contribution >= 0.6 is 22.6 Å². The van der Waals surface area contributed by atoms with Crippen molar-refractivity contribution in [1.29, 1.82) is 0 Å².